The zero-order valence-corrected chi connectivity index (χ0v) is 9.68. The zero-order chi connectivity index (χ0) is 13.1. The molecular weight excluding hydrogens is 239 g/mol. The van der Waals surface area contributed by atoms with Gasteiger partial charge in [-0.25, -0.2) is 9.18 Å². The van der Waals surface area contributed by atoms with Crippen LogP contribution in [0.2, 0.25) is 0 Å². The molecule has 0 radical (unpaired) electrons. The number of methoxy groups -OCH3 is 1. The third kappa shape index (κ3) is 2.40. The van der Waals surface area contributed by atoms with E-state index >= 15 is 0 Å². The largest absolute Gasteiger partial charge is 0.492 e. The maximum atomic E-state index is 12.8. The maximum absolute atomic E-state index is 12.8. The minimum Gasteiger partial charge on any atom is -0.492 e. The first-order valence-electron chi connectivity index (χ1n) is 5.34. The number of benzene rings is 1. The number of rotatable bonds is 2. The molecule has 94 valence electrons. The van der Waals surface area contributed by atoms with Gasteiger partial charge in [0.15, 0.2) is 5.78 Å². The maximum Gasteiger partial charge on any atom is 0.344 e. The van der Waals surface area contributed by atoms with E-state index in [4.69, 9.17) is 4.74 Å². The fourth-order valence-corrected chi connectivity index (χ4v) is 1.69. The topological polar surface area (TPSA) is 52.6 Å². The minimum absolute atomic E-state index is 0.0343. The summed E-state index contributed by atoms with van der Waals surface area (Å²) in [5.41, 5.74) is 0.584. The Bertz CT molecular complexity index is 504. The van der Waals surface area contributed by atoms with Gasteiger partial charge in [-0.15, -0.1) is 0 Å². The van der Waals surface area contributed by atoms with Crippen molar-refractivity contribution in [3.05, 3.63) is 47.5 Å². The van der Waals surface area contributed by atoms with Crippen LogP contribution < -0.4 is 0 Å². The molecule has 18 heavy (non-hydrogen) atoms. The van der Waals surface area contributed by atoms with Crippen molar-refractivity contribution in [3.63, 3.8) is 0 Å². The molecule has 4 nitrogen and oxygen atoms in total. The molecule has 0 amide bonds. The molecule has 2 rings (SSSR count). The van der Waals surface area contributed by atoms with E-state index in [-0.39, 0.29) is 23.6 Å². The van der Waals surface area contributed by atoms with Crippen LogP contribution in [0.1, 0.15) is 18.1 Å². The summed E-state index contributed by atoms with van der Waals surface area (Å²) >= 11 is 0. The summed E-state index contributed by atoms with van der Waals surface area (Å²) in [4.78, 5) is 22.9. The fraction of sp³-hybridized carbons (Fsp3) is 0.231. The van der Waals surface area contributed by atoms with Crippen LogP contribution in [-0.2, 0) is 19.1 Å². The van der Waals surface area contributed by atoms with Gasteiger partial charge in [0, 0.05) is 0 Å². The molecule has 0 saturated carbocycles. The lowest BCUT2D eigenvalue weighted by Crippen LogP contribution is -2.22. The number of carbonyl (C=O) groups is 2. The van der Waals surface area contributed by atoms with E-state index in [1.807, 2.05) is 0 Å². The van der Waals surface area contributed by atoms with Crippen molar-refractivity contribution in [2.24, 2.45) is 0 Å². The molecule has 0 bridgehead atoms. The van der Waals surface area contributed by atoms with Gasteiger partial charge in [-0.3, -0.25) is 4.79 Å². The molecule has 5 heteroatoms. The Labute approximate surface area is 103 Å². The molecule has 1 atom stereocenters. The SMILES string of the molecule is COC(=O)C1=CO[C@@H](c2ccc(F)cc2)CC1=O. The van der Waals surface area contributed by atoms with Crippen molar-refractivity contribution in [3.8, 4) is 0 Å². The molecule has 1 heterocycles. The van der Waals surface area contributed by atoms with E-state index < -0.39 is 12.1 Å². The van der Waals surface area contributed by atoms with Gasteiger partial charge in [0.2, 0.25) is 0 Å². The number of Topliss-reactive ketones (excluding diaryl/α,β-unsaturated/α-hetero) is 1. The van der Waals surface area contributed by atoms with Crippen LogP contribution in [0.4, 0.5) is 4.39 Å². The standard InChI is InChI=1S/C13H11FO4/c1-17-13(16)10-7-18-12(6-11(10)15)8-2-4-9(14)5-3-8/h2-5,7,12H,6H2,1H3/t12-/m1/s1. The van der Waals surface area contributed by atoms with E-state index in [1.54, 1.807) is 12.1 Å². The Balaban J connectivity index is 2.17. The predicted molar refractivity (Wildman–Crippen MR) is 59.9 cm³/mol. The van der Waals surface area contributed by atoms with Crippen molar-refractivity contribution in [2.45, 2.75) is 12.5 Å². The Kier molecular flexibility index (Phi) is 3.41. The summed E-state index contributed by atoms with van der Waals surface area (Å²) < 4.78 is 22.5. The molecule has 0 N–H and O–H groups in total. The Hall–Kier alpha value is -2.17. The third-order valence-electron chi connectivity index (χ3n) is 2.67. The second kappa shape index (κ2) is 5.00. The van der Waals surface area contributed by atoms with E-state index in [0.717, 1.165) is 6.26 Å². The molecule has 1 aromatic carbocycles. The van der Waals surface area contributed by atoms with Crippen LogP contribution in [0.3, 0.4) is 0 Å². The smallest absolute Gasteiger partial charge is 0.344 e. The van der Waals surface area contributed by atoms with Gasteiger partial charge < -0.3 is 9.47 Å². The summed E-state index contributed by atoms with van der Waals surface area (Å²) in [6.07, 6.45) is 0.643. The normalized spacial score (nSPS) is 18.9. The van der Waals surface area contributed by atoms with Gasteiger partial charge in [-0.1, -0.05) is 12.1 Å². The number of esters is 1. The highest BCUT2D eigenvalue weighted by Gasteiger charge is 2.29. The highest BCUT2D eigenvalue weighted by molar-refractivity contribution is 6.17. The number of ether oxygens (including phenoxy) is 2. The Morgan fingerprint density at radius 1 is 1.39 bits per heavy atom. The van der Waals surface area contributed by atoms with E-state index in [2.05, 4.69) is 4.74 Å². The molecular formula is C13H11FO4. The van der Waals surface area contributed by atoms with E-state index in [0.29, 0.717) is 5.56 Å². The molecule has 0 unspecified atom stereocenters. The molecule has 0 fully saturated rings. The first kappa shape index (κ1) is 12.3. The predicted octanol–water partition coefficient (Wildman–Crippen LogP) is 1.91. The number of halogens is 1. The van der Waals surface area contributed by atoms with E-state index in [9.17, 15) is 14.0 Å². The highest BCUT2D eigenvalue weighted by atomic mass is 19.1. The summed E-state index contributed by atoms with van der Waals surface area (Å²) in [7, 11) is 1.20. The Morgan fingerprint density at radius 3 is 2.61 bits per heavy atom. The lowest BCUT2D eigenvalue weighted by molar-refractivity contribution is -0.139. The monoisotopic (exact) mass is 250 g/mol. The van der Waals surface area contributed by atoms with Gasteiger partial charge >= 0.3 is 5.97 Å². The number of carbonyl (C=O) groups excluding carboxylic acids is 2. The van der Waals surface area contributed by atoms with Crippen LogP contribution in [0.25, 0.3) is 0 Å². The molecule has 0 aliphatic carbocycles. The highest BCUT2D eigenvalue weighted by Crippen LogP contribution is 2.28. The van der Waals surface area contributed by atoms with Gasteiger partial charge in [-0.2, -0.15) is 0 Å². The summed E-state index contributed by atoms with van der Waals surface area (Å²) in [6.45, 7) is 0. The van der Waals surface area contributed by atoms with Gasteiger partial charge in [0.1, 0.15) is 23.8 Å². The van der Waals surface area contributed by atoms with Crippen molar-refractivity contribution in [2.75, 3.05) is 7.11 Å². The number of ketones is 1. The summed E-state index contributed by atoms with van der Waals surface area (Å²) in [5, 5.41) is 0. The van der Waals surface area contributed by atoms with Crippen LogP contribution in [0, 0.1) is 5.82 Å². The van der Waals surface area contributed by atoms with Crippen molar-refractivity contribution >= 4 is 11.8 Å². The minimum atomic E-state index is -0.711. The Morgan fingerprint density at radius 2 is 2.06 bits per heavy atom. The van der Waals surface area contributed by atoms with E-state index in [1.165, 1.54) is 19.2 Å². The molecule has 1 aliphatic rings. The van der Waals surface area contributed by atoms with Crippen LogP contribution in [0.15, 0.2) is 36.1 Å². The molecule has 1 aromatic rings. The molecule has 0 spiro atoms. The van der Waals surface area contributed by atoms with Gasteiger partial charge in [-0.05, 0) is 17.7 Å². The molecule has 1 aliphatic heterocycles. The first-order valence-corrected chi connectivity index (χ1v) is 5.34. The van der Waals surface area contributed by atoms with Crippen molar-refractivity contribution in [1.82, 2.24) is 0 Å². The molecule has 0 saturated heterocycles. The second-order valence-electron chi connectivity index (χ2n) is 3.83. The number of hydrogen-bond acceptors (Lipinski definition) is 4. The van der Waals surface area contributed by atoms with Crippen molar-refractivity contribution in [1.29, 1.82) is 0 Å². The van der Waals surface area contributed by atoms with Crippen molar-refractivity contribution < 1.29 is 23.5 Å². The average molecular weight is 250 g/mol. The van der Waals surface area contributed by atoms with Crippen LogP contribution >= 0.6 is 0 Å². The fourth-order valence-electron chi connectivity index (χ4n) is 1.69. The summed E-state index contributed by atoms with van der Waals surface area (Å²) in [6, 6.07) is 5.68. The first-order chi connectivity index (χ1) is 8.61. The van der Waals surface area contributed by atoms with Crippen LogP contribution in [-0.4, -0.2) is 18.9 Å². The second-order valence-corrected chi connectivity index (χ2v) is 3.83. The van der Waals surface area contributed by atoms with Gasteiger partial charge in [0.05, 0.1) is 13.5 Å². The zero-order valence-electron chi connectivity index (χ0n) is 9.68. The third-order valence-corrected chi connectivity index (χ3v) is 2.67. The van der Waals surface area contributed by atoms with Crippen LogP contribution in [0.5, 0.6) is 0 Å². The lowest BCUT2D eigenvalue weighted by Gasteiger charge is -2.21. The summed E-state index contributed by atoms with van der Waals surface area (Å²) in [5.74, 6) is -1.41. The average Bonchev–Trinajstić information content (AvgIpc) is 2.38. The lowest BCUT2D eigenvalue weighted by atomic mass is 9.98. The van der Waals surface area contributed by atoms with Gasteiger partial charge in [0.25, 0.3) is 0 Å². The quantitative estimate of drug-likeness (QED) is 0.594. The number of hydrogen-bond donors (Lipinski definition) is 0. The molecule has 0 aromatic heterocycles.